The van der Waals surface area contributed by atoms with Crippen LogP contribution in [-0.2, 0) is 4.74 Å². The molecule has 2 heteroatoms. The standard InChI is InChI=1S/C9H18O2/c1-8(2)5-9(3-4-10)6-11-7-9/h8,10H,3-7H2,1-2H3. The zero-order chi connectivity index (χ0) is 8.32. The van der Waals surface area contributed by atoms with Gasteiger partial charge in [0.25, 0.3) is 0 Å². The first kappa shape index (κ1) is 9.01. The molecular formula is C9H18O2. The third-order valence-corrected chi connectivity index (χ3v) is 2.30. The molecule has 0 radical (unpaired) electrons. The van der Waals surface area contributed by atoms with Crippen LogP contribution in [0.15, 0.2) is 0 Å². The van der Waals surface area contributed by atoms with Crippen LogP contribution < -0.4 is 0 Å². The van der Waals surface area contributed by atoms with Crippen LogP contribution in [0.2, 0.25) is 0 Å². The second kappa shape index (κ2) is 3.55. The molecule has 66 valence electrons. The SMILES string of the molecule is CC(C)CC1(CCO)COC1. The van der Waals surface area contributed by atoms with Gasteiger partial charge in [0.15, 0.2) is 0 Å². The Labute approximate surface area is 68.6 Å². The third-order valence-electron chi connectivity index (χ3n) is 2.30. The van der Waals surface area contributed by atoms with Gasteiger partial charge >= 0.3 is 0 Å². The van der Waals surface area contributed by atoms with E-state index in [9.17, 15) is 0 Å². The van der Waals surface area contributed by atoms with Crippen molar-refractivity contribution in [2.45, 2.75) is 26.7 Å². The Bertz CT molecular complexity index is 117. The maximum atomic E-state index is 8.82. The van der Waals surface area contributed by atoms with Gasteiger partial charge in [-0.25, -0.2) is 0 Å². The van der Waals surface area contributed by atoms with Crippen molar-refractivity contribution in [3.63, 3.8) is 0 Å². The monoisotopic (exact) mass is 158 g/mol. The maximum absolute atomic E-state index is 8.82. The van der Waals surface area contributed by atoms with Crippen molar-refractivity contribution in [1.29, 1.82) is 0 Å². The summed E-state index contributed by atoms with van der Waals surface area (Å²) in [4.78, 5) is 0. The Hall–Kier alpha value is -0.0800. The first-order valence-electron chi connectivity index (χ1n) is 4.37. The molecule has 1 heterocycles. The number of rotatable bonds is 4. The summed E-state index contributed by atoms with van der Waals surface area (Å²) in [5, 5.41) is 8.82. The number of aliphatic hydroxyl groups is 1. The highest BCUT2D eigenvalue weighted by atomic mass is 16.5. The van der Waals surface area contributed by atoms with E-state index in [-0.39, 0.29) is 0 Å². The molecule has 0 atom stereocenters. The summed E-state index contributed by atoms with van der Waals surface area (Å²) in [7, 11) is 0. The quantitative estimate of drug-likeness (QED) is 0.670. The zero-order valence-corrected chi connectivity index (χ0v) is 7.47. The van der Waals surface area contributed by atoms with Crippen molar-refractivity contribution in [2.24, 2.45) is 11.3 Å². The zero-order valence-electron chi connectivity index (χ0n) is 7.47. The van der Waals surface area contributed by atoms with E-state index in [1.54, 1.807) is 0 Å². The van der Waals surface area contributed by atoms with Gasteiger partial charge in [-0.2, -0.15) is 0 Å². The van der Waals surface area contributed by atoms with Gasteiger partial charge in [-0.3, -0.25) is 0 Å². The summed E-state index contributed by atoms with van der Waals surface area (Å²) in [5.41, 5.74) is 0.322. The molecular weight excluding hydrogens is 140 g/mol. The summed E-state index contributed by atoms with van der Waals surface area (Å²) in [6.45, 7) is 6.45. The Morgan fingerprint density at radius 1 is 1.45 bits per heavy atom. The number of ether oxygens (including phenoxy) is 1. The maximum Gasteiger partial charge on any atom is 0.0545 e. The van der Waals surface area contributed by atoms with E-state index < -0.39 is 0 Å². The van der Waals surface area contributed by atoms with E-state index in [4.69, 9.17) is 9.84 Å². The van der Waals surface area contributed by atoms with Crippen molar-refractivity contribution in [1.82, 2.24) is 0 Å². The molecule has 1 aliphatic heterocycles. The predicted molar refractivity (Wildman–Crippen MR) is 44.4 cm³/mol. The van der Waals surface area contributed by atoms with Gasteiger partial charge in [0.1, 0.15) is 0 Å². The Morgan fingerprint density at radius 2 is 2.09 bits per heavy atom. The molecule has 0 unspecified atom stereocenters. The molecule has 1 aliphatic rings. The number of hydrogen-bond acceptors (Lipinski definition) is 2. The van der Waals surface area contributed by atoms with Crippen LogP contribution >= 0.6 is 0 Å². The molecule has 0 bridgehead atoms. The second-order valence-electron chi connectivity index (χ2n) is 4.06. The molecule has 1 N–H and O–H groups in total. The molecule has 11 heavy (non-hydrogen) atoms. The van der Waals surface area contributed by atoms with Gasteiger partial charge in [0, 0.05) is 12.0 Å². The second-order valence-corrected chi connectivity index (χ2v) is 4.06. The fraction of sp³-hybridized carbons (Fsp3) is 1.00. The lowest BCUT2D eigenvalue weighted by Crippen LogP contribution is -2.44. The largest absolute Gasteiger partial charge is 0.396 e. The average molecular weight is 158 g/mol. The van der Waals surface area contributed by atoms with Crippen LogP contribution in [0, 0.1) is 11.3 Å². The average Bonchev–Trinajstić information content (AvgIpc) is 1.82. The normalized spacial score (nSPS) is 21.8. The van der Waals surface area contributed by atoms with Crippen LogP contribution in [0.5, 0.6) is 0 Å². The van der Waals surface area contributed by atoms with Gasteiger partial charge in [0.2, 0.25) is 0 Å². The van der Waals surface area contributed by atoms with Crippen LogP contribution in [-0.4, -0.2) is 24.9 Å². The molecule has 0 aromatic rings. The minimum atomic E-state index is 0.302. The Balaban J connectivity index is 2.33. The summed E-state index contributed by atoms with van der Waals surface area (Å²) in [6, 6.07) is 0. The minimum absolute atomic E-state index is 0.302. The van der Waals surface area contributed by atoms with E-state index in [1.165, 1.54) is 6.42 Å². The fourth-order valence-corrected chi connectivity index (χ4v) is 1.86. The first-order chi connectivity index (χ1) is 5.18. The van der Waals surface area contributed by atoms with E-state index in [1.807, 2.05) is 0 Å². The van der Waals surface area contributed by atoms with E-state index in [0.717, 1.165) is 19.6 Å². The molecule has 1 fully saturated rings. The van der Waals surface area contributed by atoms with Crippen LogP contribution in [0.25, 0.3) is 0 Å². The summed E-state index contributed by atoms with van der Waals surface area (Å²) < 4.78 is 5.18. The molecule has 2 nitrogen and oxygen atoms in total. The Kier molecular flexibility index (Phi) is 2.90. The lowest BCUT2D eigenvalue weighted by atomic mass is 9.76. The van der Waals surface area contributed by atoms with Crippen molar-refractivity contribution >= 4 is 0 Å². The van der Waals surface area contributed by atoms with E-state index >= 15 is 0 Å². The molecule has 0 aromatic carbocycles. The van der Waals surface area contributed by atoms with Crippen molar-refractivity contribution in [3.05, 3.63) is 0 Å². The minimum Gasteiger partial charge on any atom is -0.396 e. The van der Waals surface area contributed by atoms with Crippen molar-refractivity contribution in [2.75, 3.05) is 19.8 Å². The summed E-state index contributed by atoms with van der Waals surface area (Å²) >= 11 is 0. The molecule has 0 saturated carbocycles. The number of hydrogen-bond donors (Lipinski definition) is 1. The highest BCUT2D eigenvalue weighted by Crippen LogP contribution is 2.37. The summed E-state index contributed by atoms with van der Waals surface area (Å²) in [6.07, 6.45) is 2.10. The van der Waals surface area contributed by atoms with E-state index in [2.05, 4.69) is 13.8 Å². The van der Waals surface area contributed by atoms with Gasteiger partial charge < -0.3 is 9.84 Å². The molecule has 0 aromatic heterocycles. The highest BCUT2D eigenvalue weighted by Gasteiger charge is 2.38. The first-order valence-corrected chi connectivity index (χ1v) is 4.37. The lowest BCUT2D eigenvalue weighted by Gasteiger charge is -2.42. The van der Waals surface area contributed by atoms with Gasteiger partial charge in [0.05, 0.1) is 13.2 Å². The predicted octanol–water partition coefficient (Wildman–Crippen LogP) is 1.43. The lowest BCUT2D eigenvalue weighted by molar-refractivity contribution is -0.132. The molecule has 1 rings (SSSR count). The number of aliphatic hydroxyl groups excluding tert-OH is 1. The smallest absolute Gasteiger partial charge is 0.0545 e. The van der Waals surface area contributed by atoms with Gasteiger partial charge in [-0.05, 0) is 18.8 Å². The Morgan fingerprint density at radius 3 is 2.36 bits per heavy atom. The molecule has 0 spiro atoms. The van der Waals surface area contributed by atoms with Gasteiger partial charge in [-0.1, -0.05) is 13.8 Å². The van der Waals surface area contributed by atoms with Crippen LogP contribution in [0.3, 0.4) is 0 Å². The topological polar surface area (TPSA) is 29.5 Å². The van der Waals surface area contributed by atoms with Crippen molar-refractivity contribution in [3.8, 4) is 0 Å². The third kappa shape index (κ3) is 2.17. The molecule has 0 amide bonds. The van der Waals surface area contributed by atoms with E-state index in [0.29, 0.717) is 17.9 Å². The van der Waals surface area contributed by atoms with Gasteiger partial charge in [-0.15, -0.1) is 0 Å². The fourth-order valence-electron chi connectivity index (χ4n) is 1.86. The molecule has 1 saturated heterocycles. The van der Waals surface area contributed by atoms with Crippen molar-refractivity contribution < 1.29 is 9.84 Å². The highest BCUT2D eigenvalue weighted by molar-refractivity contribution is 4.85. The molecule has 0 aliphatic carbocycles. The summed E-state index contributed by atoms with van der Waals surface area (Å²) in [5.74, 6) is 0.713. The van der Waals surface area contributed by atoms with Crippen LogP contribution in [0.4, 0.5) is 0 Å². The van der Waals surface area contributed by atoms with Crippen LogP contribution in [0.1, 0.15) is 26.7 Å².